The molecule has 0 aromatic carbocycles. The molecule has 4 nitrogen and oxygen atoms in total. The van der Waals surface area contributed by atoms with Crippen LogP contribution < -0.4 is 4.84 Å². The number of halogens is 2. The lowest BCUT2D eigenvalue weighted by Crippen LogP contribution is -2.17. The highest BCUT2D eigenvalue weighted by Crippen LogP contribution is 1.99. The maximum Gasteiger partial charge on any atom is 0.333 e. The van der Waals surface area contributed by atoms with Gasteiger partial charge in [0.15, 0.2) is 0 Å². The fourth-order valence-electron chi connectivity index (χ4n) is 0.847. The summed E-state index contributed by atoms with van der Waals surface area (Å²) in [6.07, 6.45) is 5.56. The third-order valence-corrected chi connectivity index (χ3v) is 1.78. The van der Waals surface area contributed by atoms with Crippen molar-refractivity contribution in [3.05, 3.63) is 30.9 Å². The van der Waals surface area contributed by atoms with Crippen LogP contribution in [0.1, 0.15) is 18.5 Å². The number of rotatable bonds is 5. The average molecular weight is 251 g/mol. The van der Waals surface area contributed by atoms with Crippen LogP contribution in [0.2, 0.25) is 0 Å². The van der Waals surface area contributed by atoms with Gasteiger partial charge in [0.05, 0.1) is 24.2 Å². The minimum atomic E-state index is -0.316. The standard InChI is InChI=1S/C9H11ClN2O2.ClH/c1-2-3-4-9(13)14-12-6-8(5-10)11-7-12;/h2,6-7H,1,3-5H2;1H. The fraction of sp³-hybridized carbons (Fsp3) is 0.333. The molecule has 15 heavy (non-hydrogen) atoms. The van der Waals surface area contributed by atoms with E-state index in [1.165, 1.54) is 11.1 Å². The number of allylic oxidation sites excluding steroid dienone is 1. The van der Waals surface area contributed by atoms with E-state index in [-0.39, 0.29) is 18.4 Å². The third-order valence-electron chi connectivity index (χ3n) is 1.51. The quantitative estimate of drug-likeness (QED) is 0.593. The molecule has 84 valence electrons. The predicted octanol–water partition coefficient (Wildman–Crippen LogP) is 1.97. The van der Waals surface area contributed by atoms with E-state index in [1.54, 1.807) is 12.3 Å². The van der Waals surface area contributed by atoms with Crippen LogP contribution in [0.5, 0.6) is 0 Å². The maximum absolute atomic E-state index is 11.1. The Morgan fingerprint density at radius 1 is 1.73 bits per heavy atom. The summed E-state index contributed by atoms with van der Waals surface area (Å²) in [4.78, 5) is 19.9. The van der Waals surface area contributed by atoms with E-state index in [4.69, 9.17) is 16.4 Å². The van der Waals surface area contributed by atoms with Crippen LogP contribution in [-0.4, -0.2) is 15.7 Å². The van der Waals surface area contributed by atoms with Crippen molar-refractivity contribution in [2.24, 2.45) is 0 Å². The van der Waals surface area contributed by atoms with Crippen LogP contribution in [0.15, 0.2) is 25.2 Å². The zero-order chi connectivity index (χ0) is 10.4. The molecule has 1 aromatic heterocycles. The summed E-state index contributed by atoms with van der Waals surface area (Å²) in [5.41, 5.74) is 0.670. The summed E-state index contributed by atoms with van der Waals surface area (Å²) in [6, 6.07) is 0. The second-order valence-electron chi connectivity index (χ2n) is 2.65. The number of hydrogen-bond donors (Lipinski definition) is 0. The summed E-state index contributed by atoms with van der Waals surface area (Å²) in [7, 11) is 0. The Labute approximate surface area is 99.3 Å². The van der Waals surface area contributed by atoms with E-state index < -0.39 is 0 Å². The Balaban J connectivity index is 0.00000196. The third kappa shape index (κ3) is 4.85. The maximum atomic E-state index is 11.1. The molecule has 0 saturated carbocycles. The Morgan fingerprint density at radius 2 is 2.47 bits per heavy atom. The summed E-state index contributed by atoms with van der Waals surface area (Å²) < 4.78 is 1.25. The lowest BCUT2D eigenvalue weighted by atomic mass is 10.3. The van der Waals surface area contributed by atoms with Crippen LogP contribution in [-0.2, 0) is 10.7 Å². The van der Waals surface area contributed by atoms with Gasteiger partial charge < -0.3 is 4.84 Å². The molecule has 0 spiro atoms. The fourth-order valence-corrected chi connectivity index (χ4v) is 0.985. The highest BCUT2D eigenvalue weighted by atomic mass is 35.5. The number of carbonyl (C=O) groups excluding carboxylic acids is 1. The van der Waals surface area contributed by atoms with E-state index in [1.807, 2.05) is 0 Å². The van der Waals surface area contributed by atoms with Crippen LogP contribution in [0.3, 0.4) is 0 Å². The van der Waals surface area contributed by atoms with Crippen LogP contribution in [0.25, 0.3) is 0 Å². The van der Waals surface area contributed by atoms with Gasteiger partial charge in [0.1, 0.15) is 6.33 Å². The van der Waals surface area contributed by atoms with Gasteiger partial charge in [-0.3, -0.25) is 0 Å². The van der Waals surface area contributed by atoms with E-state index in [0.29, 0.717) is 24.4 Å². The van der Waals surface area contributed by atoms with Crippen LogP contribution in [0.4, 0.5) is 0 Å². The van der Waals surface area contributed by atoms with Crippen molar-refractivity contribution >= 4 is 30.0 Å². The Kier molecular flexibility index (Phi) is 6.83. The van der Waals surface area contributed by atoms with Crippen molar-refractivity contribution < 1.29 is 9.63 Å². The summed E-state index contributed by atoms with van der Waals surface area (Å²) in [5, 5.41) is 0. The van der Waals surface area contributed by atoms with Gasteiger partial charge in [0.25, 0.3) is 0 Å². The molecular weight excluding hydrogens is 239 g/mol. The average Bonchev–Trinajstić information content (AvgIpc) is 2.62. The number of imidazole rings is 1. The molecule has 1 aromatic rings. The van der Waals surface area contributed by atoms with Crippen molar-refractivity contribution in [3.63, 3.8) is 0 Å². The normalized spacial score (nSPS) is 9.13. The first-order valence-corrected chi connectivity index (χ1v) is 4.70. The molecule has 0 amide bonds. The first-order chi connectivity index (χ1) is 6.76. The second-order valence-corrected chi connectivity index (χ2v) is 2.92. The minimum absolute atomic E-state index is 0. The molecule has 0 fully saturated rings. The van der Waals surface area contributed by atoms with Gasteiger partial charge in [-0.25, -0.2) is 9.78 Å². The first-order valence-electron chi connectivity index (χ1n) is 4.17. The van der Waals surface area contributed by atoms with E-state index in [0.717, 1.165) is 0 Å². The zero-order valence-electron chi connectivity index (χ0n) is 8.06. The van der Waals surface area contributed by atoms with E-state index >= 15 is 0 Å². The molecular formula is C9H12Cl2N2O2. The lowest BCUT2D eigenvalue weighted by Gasteiger charge is -2.01. The topological polar surface area (TPSA) is 44.1 Å². The molecule has 0 N–H and O–H groups in total. The monoisotopic (exact) mass is 250 g/mol. The van der Waals surface area contributed by atoms with Gasteiger partial charge in [0, 0.05) is 0 Å². The molecule has 0 saturated heterocycles. The highest BCUT2D eigenvalue weighted by Gasteiger charge is 2.04. The van der Waals surface area contributed by atoms with Gasteiger partial charge in [-0.2, -0.15) is 4.73 Å². The number of alkyl halides is 1. The van der Waals surface area contributed by atoms with Crippen molar-refractivity contribution in [2.75, 3.05) is 0 Å². The van der Waals surface area contributed by atoms with Gasteiger partial charge >= 0.3 is 5.97 Å². The van der Waals surface area contributed by atoms with E-state index in [2.05, 4.69) is 11.6 Å². The van der Waals surface area contributed by atoms with Crippen LogP contribution >= 0.6 is 24.0 Å². The van der Waals surface area contributed by atoms with Crippen molar-refractivity contribution in [1.82, 2.24) is 9.71 Å². The molecule has 0 atom stereocenters. The van der Waals surface area contributed by atoms with Crippen molar-refractivity contribution in [2.45, 2.75) is 18.7 Å². The van der Waals surface area contributed by atoms with Crippen LogP contribution in [0, 0.1) is 0 Å². The minimum Gasteiger partial charge on any atom is -0.336 e. The SMILES string of the molecule is C=CCCC(=O)On1cnc(CCl)c1.Cl. The highest BCUT2D eigenvalue weighted by molar-refractivity contribution is 6.16. The van der Waals surface area contributed by atoms with Gasteiger partial charge in [0.2, 0.25) is 0 Å². The molecule has 0 radical (unpaired) electrons. The smallest absolute Gasteiger partial charge is 0.333 e. The molecule has 0 unspecified atom stereocenters. The Bertz CT molecular complexity index is 326. The van der Waals surface area contributed by atoms with Crippen molar-refractivity contribution in [1.29, 1.82) is 0 Å². The summed E-state index contributed by atoms with van der Waals surface area (Å²) >= 11 is 5.53. The number of aromatic nitrogens is 2. The van der Waals surface area contributed by atoms with Gasteiger partial charge in [-0.15, -0.1) is 30.6 Å². The molecule has 1 heterocycles. The molecule has 0 aliphatic rings. The lowest BCUT2D eigenvalue weighted by molar-refractivity contribution is -0.144. The molecule has 6 heteroatoms. The molecule has 0 aliphatic carbocycles. The second kappa shape index (κ2) is 7.31. The Hall–Kier alpha value is -1.00. The largest absolute Gasteiger partial charge is 0.336 e. The number of carbonyl (C=O) groups is 1. The van der Waals surface area contributed by atoms with Crippen molar-refractivity contribution in [3.8, 4) is 0 Å². The Morgan fingerprint density at radius 3 is 3.00 bits per heavy atom. The predicted molar refractivity (Wildman–Crippen MR) is 60.1 cm³/mol. The molecule has 0 bridgehead atoms. The van der Waals surface area contributed by atoms with Gasteiger partial charge in [-0.05, 0) is 6.42 Å². The summed E-state index contributed by atoms with van der Waals surface area (Å²) in [6.45, 7) is 3.51. The number of nitrogens with zero attached hydrogens (tertiary/aromatic N) is 2. The van der Waals surface area contributed by atoms with E-state index in [9.17, 15) is 4.79 Å². The molecule has 1 rings (SSSR count). The summed E-state index contributed by atoms with van der Waals surface area (Å²) in [5.74, 6) is -0.0135. The zero-order valence-corrected chi connectivity index (χ0v) is 9.63. The number of hydrogen-bond acceptors (Lipinski definition) is 3. The van der Waals surface area contributed by atoms with Gasteiger partial charge in [-0.1, -0.05) is 6.08 Å². The first kappa shape index (κ1) is 14.0. The molecule has 0 aliphatic heterocycles.